The number of hydrogen-bond donors (Lipinski definition) is 0. The summed E-state index contributed by atoms with van der Waals surface area (Å²) in [5, 5.41) is 3.38. The first kappa shape index (κ1) is 18.5. The van der Waals surface area contributed by atoms with Crippen molar-refractivity contribution in [3.05, 3.63) is 28.8 Å². The molecule has 0 aromatic carbocycles. The SMILES string of the molecule is CC.CC.CC.Cc1cc(C)c2ccsc2n1. The highest BCUT2D eigenvalue weighted by Gasteiger charge is 1.99. The van der Waals surface area contributed by atoms with Crippen molar-refractivity contribution >= 4 is 21.6 Å². The molecule has 0 aliphatic heterocycles. The van der Waals surface area contributed by atoms with Crippen molar-refractivity contribution in [3.8, 4) is 0 Å². The molecule has 98 valence electrons. The molecule has 0 fully saturated rings. The topological polar surface area (TPSA) is 12.9 Å². The normalized spacial score (nSPS) is 8.00. The Bertz CT molecular complexity index is 391. The zero-order valence-electron chi connectivity index (χ0n) is 12.6. The third kappa shape index (κ3) is 5.83. The molecule has 0 N–H and O–H groups in total. The van der Waals surface area contributed by atoms with E-state index < -0.39 is 0 Å². The summed E-state index contributed by atoms with van der Waals surface area (Å²) in [5.41, 5.74) is 2.44. The number of nitrogens with zero attached hydrogens (tertiary/aromatic N) is 1. The van der Waals surface area contributed by atoms with E-state index in [-0.39, 0.29) is 0 Å². The van der Waals surface area contributed by atoms with E-state index in [4.69, 9.17) is 0 Å². The number of pyridine rings is 1. The van der Waals surface area contributed by atoms with Crippen molar-refractivity contribution in [1.29, 1.82) is 0 Å². The molecule has 1 nitrogen and oxygen atoms in total. The Morgan fingerprint density at radius 2 is 1.47 bits per heavy atom. The quantitative estimate of drug-likeness (QED) is 0.562. The van der Waals surface area contributed by atoms with Crippen LogP contribution >= 0.6 is 11.3 Å². The minimum atomic E-state index is 1.11. The highest BCUT2D eigenvalue weighted by atomic mass is 32.1. The van der Waals surface area contributed by atoms with E-state index in [1.165, 1.54) is 10.9 Å². The molecule has 0 amide bonds. The second-order valence-corrected chi connectivity index (χ2v) is 3.61. The second-order valence-electron chi connectivity index (χ2n) is 2.72. The van der Waals surface area contributed by atoms with E-state index in [9.17, 15) is 0 Å². The van der Waals surface area contributed by atoms with Crippen LogP contribution in [0.4, 0.5) is 0 Å². The average molecular weight is 253 g/mol. The van der Waals surface area contributed by atoms with Crippen LogP contribution < -0.4 is 0 Å². The molecule has 0 radical (unpaired) electrons. The lowest BCUT2D eigenvalue weighted by Crippen LogP contribution is -1.81. The van der Waals surface area contributed by atoms with E-state index in [1.807, 2.05) is 48.5 Å². The smallest absolute Gasteiger partial charge is 0.123 e. The fourth-order valence-corrected chi connectivity index (χ4v) is 2.16. The predicted octanol–water partition coefficient (Wildman–Crippen LogP) is 5.99. The summed E-state index contributed by atoms with van der Waals surface area (Å²) in [6, 6.07) is 4.25. The van der Waals surface area contributed by atoms with Crippen molar-refractivity contribution in [1.82, 2.24) is 4.98 Å². The number of hydrogen-bond acceptors (Lipinski definition) is 2. The molecule has 0 spiro atoms. The molecule has 0 saturated carbocycles. The first-order chi connectivity index (χ1) is 8.27. The van der Waals surface area contributed by atoms with Crippen molar-refractivity contribution in [3.63, 3.8) is 0 Å². The Kier molecular flexibility index (Phi) is 12.6. The van der Waals surface area contributed by atoms with Gasteiger partial charge in [0.25, 0.3) is 0 Å². The van der Waals surface area contributed by atoms with Gasteiger partial charge in [0.05, 0.1) is 0 Å². The maximum atomic E-state index is 4.42. The van der Waals surface area contributed by atoms with E-state index >= 15 is 0 Å². The molecule has 2 aromatic rings. The average Bonchev–Trinajstić information content (AvgIpc) is 2.85. The maximum Gasteiger partial charge on any atom is 0.123 e. The van der Waals surface area contributed by atoms with Crippen molar-refractivity contribution < 1.29 is 0 Å². The number of aromatic nitrogens is 1. The summed E-state index contributed by atoms with van der Waals surface area (Å²) in [4.78, 5) is 5.57. The van der Waals surface area contributed by atoms with Gasteiger partial charge in [-0.15, -0.1) is 11.3 Å². The van der Waals surface area contributed by atoms with Crippen molar-refractivity contribution in [2.24, 2.45) is 0 Å². The molecule has 0 atom stereocenters. The Labute approximate surface area is 111 Å². The first-order valence-corrected chi connectivity index (χ1v) is 7.47. The van der Waals surface area contributed by atoms with E-state index in [2.05, 4.69) is 29.4 Å². The van der Waals surface area contributed by atoms with Gasteiger partial charge >= 0.3 is 0 Å². The lowest BCUT2D eigenvalue weighted by Gasteiger charge is -1.96. The van der Waals surface area contributed by atoms with Crippen LogP contribution in [0.1, 0.15) is 52.8 Å². The molecule has 2 rings (SSSR count). The van der Waals surface area contributed by atoms with Crippen LogP contribution in [0.15, 0.2) is 17.5 Å². The number of aryl methyl sites for hydroxylation is 2. The van der Waals surface area contributed by atoms with Crippen molar-refractivity contribution in [2.45, 2.75) is 55.4 Å². The summed E-state index contributed by atoms with van der Waals surface area (Å²) >= 11 is 1.70. The van der Waals surface area contributed by atoms with Gasteiger partial charge in [-0.2, -0.15) is 0 Å². The zero-order chi connectivity index (χ0) is 13.8. The number of fused-ring (bicyclic) bond motifs is 1. The molecule has 0 saturated heterocycles. The van der Waals surface area contributed by atoms with Gasteiger partial charge < -0.3 is 0 Å². The van der Waals surface area contributed by atoms with Crippen LogP contribution in [0.5, 0.6) is 0 Å². The standard InChI is InChI=1S/C9H9NS.3C2H6/c1-6-5-7(2)10-9-8(6)3-4-11-9;3*1-2/h3-5H,1-2H3;3*1-2H3. The van der Waals surface area contributed by atoms with Crippen LogP contribution in [0.25, 0.3) is 10.2 Å². The molecule has 2 heteroatoms. The van der Waals surface area contributed by atoms with Crippen LogP contribution in [0.3, 0.4) is 0 Å². The summed E-state index contributed by atoms with van der Waals surface area (Å²) in [7, 11) is 0. The summed E-state index contributed by atoms with van der Waals surface area (Å²) < 4.78 is 0. The minimum Gasteiger partial charge on any atom is -0.242 e. The van der Waals surface area contributed by atoms with Gasteiger partial charge in [-0.05, 0) is 36.9 Å². The Hall–Kier alpha value is -0.890. The van der Waals surface area contributed by atoms with E-state index in [1.54, 1.807) is 11.3 Å². The molecule has 0 bridgehead atoms. The van der Waals surface area contributed by atoms with Gasteiger partial charge in [-0.25, -0.2) is 4.98 Å². The van der Waals surface area contributed by atoms with Crippen LogP contribution in [-0.4, -0.2) is 4.98 Å². The van der Waals surface area contributed by atoms with Gasteiger partial charge in [0.2, 0.25) is 0 Å². The fourth-order valence-electron chi connectivity index (χ4n) is 1.27. The largest absolute Gasteiger partial charge is 0.242 e. The summed E-state index contributed by atoms with van der Waals surface area (Å²) in [6.45, 7) is 16.2. The third-order valence-electron chi connectivity index (χ3n) is 1.77. The third-order valence-corrected chi connectivity index (χ3v) is 2.58. The molecule has 0 aliphatic carbocycles. The fraction of sp³-hybridized carbons (Fsp3) is 0.533. The van der Waals surface area contributed by atoms with Gasteiger partial charge in [-0.3, -0.25) is 0 Å². The first-order valence-electron chi connectivity index (χ1n) is 6.59. The zero-order valence-corrected chi connectivity index (χ0v) is 13.4. The highest BCUT2D eigenvalue weighted by molar-refractivity contribution is 7.16. The Morgan fingerprint density at radius 1 is 0.941 bits per heavy atom. The molecule has 2 heterocycles. The Balaban J connectivity index is 0. The van der Waals surface area contributed by atoms with Gasteiger partial charge in [0, 0.05) is 11.1 Å². The molecular formula is C15H27NS. The van der Waals surface area contributed by atoms with Gasteiger partial charge in [0.15, 0.2) is 0 Å². The Morgan fingerprint density at radius 3 is 2.00 bits per heavy atom. The molecule has 17 heavy (non-hydrogen) atoms. The number of thiophene rings is 1. The lowest BCUT2D eigenvalue weighted by atomic mass is 10.2. The second kappa shape index (κ2) is 11.6. The number of rotatable bonds is 0. The van der Waals surface area contributed by atoms with Crippen LogP contribution in [-0.2, 0) is 0 Å². The maximum absolute atomic E-state index is 4.42. The van der Waals surface area contributed by atoms with Crippen molar-refractivity contribution in [2.75, 3.05) is 0 Å². The molecule has 0 unspecified atom stereocenters. The predicted molar refractivity (Wildman–Crippen MR) is 83.1 cm³/mol. The highest BCUT2D eigenvalue weighted by Crippen LogP contribution is 2.22. The van der Waals surface area contributed by atoms with E-state index in [0.29, 0.717) is 0 Å². The lowest BCUT2D eigenvalue weighted by molar-refractivity contribution is 1.25. The molecule has 0 aliphatic rings. The molecule has 2 aromatic heterocycles. The minimum absolute atomic E-state index is 1.11. The van der Waals surface area contributed by atoms with Crippen LogP contribution in [0, 0.1) is 13.8 Å². The monoisotopic (exact) mass is 253 g/mol. The molecular weight excluding hydrogens is 226 g/mol. The summed E-state index contributed by atoms with van der Waals surface area (Å²) in [5.74, 6) is 0. The van der Waals surface area contributed by atoms with E-state index in [0.717, 1.165) is 10.5 Å². The van der Waals surface area contributed by atoms with Gasteiger partial charge in [-0.1, -0.05) is 41.5 Å². The summed E-state index contributed by atoms with van der Waals surface area (Å²) in [6.07, 6.45) is 0. The van der Waals surface area contributed by atoms with Gasteiger partial charge in [0.1, 0.15) is 4.83 Å². The van der Waals surface area contributed by atoms with Crippen LogP contribution in [0.2, 0.25) is 0 Å².